The summed E-state index contributed by atoms with van der Waals surface area (Å²) in [6.45, 7) is 0.298. The van der Waals surface area contributed by atoms with Crippen LogP contribution in [0.3, 0.4) is 0 Å². The number of amides is 2. The molecule has 57 heavy (non-hydrogen) atoms. The Morgan fingerprint density at radius 3 is 2.16 bits per heavy atom. The fourth-order valence-corrected chi connectivity index (χ4v) is 7.19. The molecule has 1 saturated heterocycles. The minimum Gasteiger partial charge on any atom is -0.497 e. The van der Waals surface area contributed by atoms with E-state index in [0.717, 1.165) is 59.6 Å². The third kappa shape index (κ3) is 10.0. The maximum atomic E-state index is 13.1. The Labute approximate surface area is 330 Å². The van der Waals surface area contributed by atoms with Gasteiger partial charge in [-0.3, -0.25) is 19.1 Å². The summed E-state index contributed by atoms with van der Waals surface area (Å²) in [4.78, 5) is 53.4. The summed E-state index contributed by atoms with van der Waals surface area (Å²) < 4.78 is 30.6. The number of ether oxygens (including phenoxy) is 5. The number of aliphatic hydroxyl groups excluding tert-OH is 1. The topological polar surface area (TPSA) is 179 Å². The fourth-order valence-electron chi connectivity index (χ4n) is 7.19. The van der Waals surface area contributed by atoms with E-state index in [0.29, 0.717) is 17.9 Å². The molecule has 0 radical (unpaired) electrons. The Balaban J connectivity index is 1.13. The first-order valence-corrected chi connectivity index (χ1v) is 19.3. The van der Waals surface area contributed by atoms with Crippen LogP contribution < -0.4 is 31.4 Å². The number of aromatic amines is 1. The van der Waals surface area contributed by atoms with E-state index in [1.165, 1.54) is 0 Å². The smallest absolute Gasteiger partial charge is 0.407 e. The largest absolute Gasteiger partial charge is 0.497 e. The Bertz CT molecular complexity index is 2030. The first-order chi connectivity index (χ1) is 27.7. The van der Waals surface area contributed by atoms with Crippen molar-refractivity contribution in [2.75, 3.05) is 33.9 Å². The molecule has 2 amide bonds. The van der Waals surface area contributed by atoms with Gasteiger partial charge < -0.3 is 39.4 Å². The molecular formula is C43H50N4O10. The van der Waals surface area contributed by atoms with Crippen molar-refractivity contribution in [3.8, 4) is 11.5 Å². The molecule has 3 aromatic carbocycles. The number of nitrogens with one attached hydrogen (secondary N) is 3. The molecule has 14 nitrogen and oxygen atoms in total. The quantitative estimate of drug-likeness (QED) is 0.0733. The molecule has 4 atom stereocenters. The minimum absolute atomic E-state index is 0.0101. The first-order valence-electron chi connectivity index (χ1n) is 19.3. The van der Waals surface area contributed by atoms with Crippen molar-refractivity contribution in [1.82, 2.24) is 20.2 Å². The monoisotopic (exact) mass is 782 g/mol. The second kappa shape index (κ2) is 19.4. The van der Waals surface area contributed by atoms with Crippen LogP contribution in [-0.4, -0.2) is 78.9 Å². The third-order valence-corrected chi connectivity index (χ3v) is 10.3. The normalized spacial score (nSPS) is 20.1. The lowest BCUT2D eigenvalue weighted by atomic mass is 9.80. The van der Waals surface area contributed by atoms with Gasteiger partial charge >= 0.3 is 11.8 Å². The zero-order valence-electron chi connectivity index (χ0n) is 32.2. The second-order valence-electron chi connectivity index (χ2n) is 14.0. The zero-order chi connectivity index (χ0) is 40.2. The van der Waals surface area contributed by atoms with Gasteiger partial charge in [-0.15, -0.1) is 0 Å². The molecule has 1 aliphatic heterocycles. The summed E-state index contributed by atoms with van der Waals surface area (Å²) >= 11 is 0. The van der Waals surface area contributed by atoms with Crippen LogP contribution in [0.5, 0.6) is 11.5 Å². The van der Waals surface area contributed by atoms with E-state index >= 15 is 0 Å². The molecule has 14 heteroatoms. The summed E-state index contributed by atoms with van der Waals surface area (Å²) in [5, 5.41) is 16.6. The molecule has 1 fully saturated rings. The SMILES string of the molecule is COc1ccc(C(OCC2OC(n3cc(C(=O)NCCCNC(=O)OC4CC/C=C/CCC4)c(=O)[nH]c3=O)CC2O)(c2ccccc2)c2ccc(OC)cc2)cc1. The van der Waals surface area contributed by atoms with E-state index in [9.17, 15) is 24.3 Å². The number of aliphatic hydroxyl groups is 1. The number of nitrogens with zero attached hydrogens (tertiary/aromatic N) is 1. The van der Waals surface area contributed by atoms with Crippen molar-refractivity contribution in [1.29, 1.82) is 0 Å². The van der Waals surface area contributed by atoms with Crippen LogP contribution >= 0.6 is 0 Å². The number of carbonyl (C=O) groups is 2. The van der Waals surface area contributed by atoms with Crippen molar-refractivity contribution in [2.45, 2.75) is 75.1 Å². The highest BCUT2D eigenvalue weighted by Gasteiger charge is 2.42. The zero-order valence-corrected chi connectivity index (χ0v) is 32.2. The molecular weight excluding hydrogens is 732 g/mol. The number of benzene rings is 3. The minimum atomic E-state index is -1.18. The van der Waals surface area contributed by atoms with E-state index in [2.05, 4.69) is 27.8 Å². The van der Waals surface area contributed by atoms with Crippen molar-refractivity contribution >= 4 is 12.0 Å². The molecule has 2 aliphatic rings. The second-order valence-corrected chi connectivity index (χ2v) is 14.0. The van der Waals surface area contributed by atoms with E-state index in [1.807, 2.05) is 78.9 Å². The summed E-state index contributed by atoms with van der Waals surface area (Å²) in [5.41, 5.74) is -0.757. The molecule has 0 bridgehead atoms. The van der Waals surface area contributed by atoms with Gasteiger partial charge in [0.15, 0.2) is 0 Å². The Hall–Kier alpha value is -5.70. The van der Waals surface area contributed by atoms with Gasteiger partial charge in [0.05, 0.1) is 26.9 Å². The van der Waals surface area contributed by atoms with Crippen LogP contribution in [-0.2, 0) is 19.8 Å². The van der Waals surface area contributed by atoms with Crippen molar-refractivity contribution in [3.63, 3.8) is 0 Å². The lowest BCUT2D eigenvalue weighted by molar-refractivity contribution is -0.0944. The number of H-pyrrole nitrogens is 1. The number of allylic oxidation sites excluding steroid dienone is 2. The molecule has 302 valence electrons. The molecule has 2 heterocycles. The van der Waals surface area contributed by atoms with Crippen LogP contribution in [0.2, 0.25) is 0 Å². The average Bonchev–Trinajstić information content (AvgIpc) is 3.59. The molecule has 4 unspecified atom stereocenters. The van der Waals surface area contributed by atoms with E-state index in [1.54, 1.807) is 14.2 Å². The number of carbonyl (C=O) groups excluding carboxylic acids is 2. The predicted octanol–water partition coefficient (Wildman–Crippen LogP) is 4.95. The maximum absolute atomic E-state index is 13.1. The number of methoxy groups -OCH3 is 2. The highest BCUT2D eigenvalue weighted by molar-refractivity contribution is 5.93. The Morgan fingerprint density at radius 1 is 0.860 bits per heavy atom. The van der Waals surface area contributed by atoms with Crippen LogP contribution in [0.25, 0.3) is 0 Å². The van der Waals surface area contributed by atoms with Crippen molar-refractivity contribution < 1.29 is 38.4 Å². The molecule has 6 rings (SSSR count). The van der Waals surface area contributed by atoms with Crippen LogP contribution in [0, 0.1) is 0 Å². The van der Waals surface area contributed by atoms with E-state index in [-0.39, 0.29) is 37.8 Å². The van der Waals surface area contributed by atoms with Crippen molar-refractivity contribution in [3.05, 3.63) is 140 Å². The fraction of sp³-hybridized carbons (Fsp3) is 0.395. The Morgan fingerprint density at radius 2 is 1.49 bits per heavy atom. The van der Waals surface area contributed by atoms with Crippen molar-refractivity contribution in [2.24, 2.45) is 0 Å². The average molecular weight is 783 g/mol. The highest BCUT2D eigenvalue weighted by atomic mass is 16.6. The highest BCUT2D eigenvalue weighted by Crippen LogP contribution is 2.42. The number of alkyl carbamates (subject to hydrolysis) is 1. The maximum Gasteiger partial charge on any atom is 0.407 e. The molecule has 0 spiro atoms. The number of hydrogen-bond donors (Lipinski definition) is 4. The molecule has 1 aromatic heterocycles. The number of hydrogen-bond acceptors (Lipinski definition) is 10. The van der Waals surface area contributed by atoms with Crippen LogP contribution in [0.1, 0.15) is 78.2 Å². The lowest BCUT2D eigenvalue weighted by Gasteiger charge is -2.37. The van der Waals surface area contributed by atoms with Crippen LogP contribution in [0.4, 0.5) is 4.79 Å². The van der Waals surface area contributed by atoms with Gasteiger partial charge in [-0.2, -0.15) is 0 Å². The molecule has 4 aromatic rings. The summed E-state index contributed by atoms with van der Waals surface area (Å²) in [7, 11) is 3.19. The van der Waals surface area contributed by atoms with Gasteiger partial charge in [0.25, 0.3) is 11.5 Å². The number of rotatable bonds is 15. The van der Waals surface area contributed by atoms with Gasteiger partial charge in [0.2, 0.25) is 0 Å². The first kappa shape index (κ1) is 40.9. The Kier molecular flexibility index (Phi) is 14.0. The van der Waals surface area contributed by atoms with Gasteiger partial charge in [-0.05, 0) is 79.5 Å². The van der Waals surface area contributed by atoms with Gasteiger partial charge in [0, 0.05) is 25.7 Å². The summed E-state index contributed by atoms with van der Waals surface area (Å²) in [6, 6.07) is 24.7. The predicted molar refractivity (Wildman–Crippen MR) is 212 cm³/mol. The van der Waals surface area contributed by atoms with E-state index < -0.39 is 47.3 Å². The molecule has 4 N–H and O–H groups in total. The van der Waals surface area contributed by atoms with Gasteiger partial charge in [-0.1, -0.05) is 66.7 Å². The third-order valence-electron chi connectivity index (χ3n) is 10.3. The summed E-state index contributed by atoms with van der Waals surface area (Å²) in [6.07, 6.45) is 6.55. The lowest BCUT2D eigenvalue weighted by Crippen LogP contribution is -2.39. The van der Waals surface area contributed by atoms with E-state index in [4.69, 9.17) is 23.7 Å². The standard InChI is InChI=1S/C43H50N4O10/c1-53-32-20-16-30(17-21-32)43(29-12-7-6-8-13-29,31-18-22-33(54-2)23-19-31)55-28-37-36(48)26-38(57-37)47-27-35(40(50)46-41(47)51)39(49)44-24-11-25-45-42(52)56-34-14-9-4-3-5-10-15-34/h3-4,6-8,12-13,16-23,27,34,36-38,48H,5,9-11,14-15,24-26,28H2,1-2H3,(H,44,49)(H,45,52)(H,46,50,51)/b4-3+. The number of aromatic nitrogens is 2. The molecule has 0 saturated carbocycles. The van der Waals surface area contributed by atoms with Gasteiger partial charge in [0.1, 0.15) is 41.1 Å². The van der Waals surface area contributed by atoms with Crippen LogP contribution in [0.15, 0.2) is 107 Å². The molecule has 1 aliphatic carbocycles. The summed E-state index contributed by atoms with van der Waals surface area (Å²) in [5.74, 6) is 0.625. The van der Waals surface area contributed by atoms with Gasteiger partial charge in [-0.25, -0.2) is 9.59 Å².